The molecule has 0 aromatic heterocycles. The van der Waals surface area contributed by atoms with E-state index in [2.05, 4.69) is 6.92 Å². The first-order valence-electron chi connectivity index (χ1n) is 6.35. The van der Waals surface area contributed by atoms with Crippen LogP contribution in [-0.2, 0) is 4.79 Å². The first-order chi connectivity index (χ1) is 6.81. The van der Waals surface area contributed by atoms with Crippen LogP contribution >= 0.6 is 0 Å². The number of hydrogen-bond donors (Lipinski definition) is 0. The van der Waals surface area contributed by atoms with Crippen molar-refractivity contribution in [2.75, 3.05) is 0 Å². The van der Waals surface area contributed by atoms with Crippen molar-refractivity contribution in [2.45, 2.75) is 58.3 Å². The molecular formula is C13H22O. The lowest BCUT2D eigenvalue weighted by atomic mass is 9.71. The molecule has 80 valence electrons. The van der Waals surface area contributed by atoms with E-state index in [4.69, 9.17) is 0 Å². The second-order valence-corrected chi connectivity index (χ2v) is 5.16. The van der Waals surface area contributed by atoms with Crippen molar-refractivity contribution < 1.29 is 4.79 Å². The average Bonchev–Trinajstić information content (AvgIpc) is 2.15. The molecule has 2 aliphatic rings. The number of carbonyl (C=O) groups is 1. The molecule has 0 unspecified atom stereocenters. The first-order valence-corrected chi connectivity index (χ1v) is 6.35. The molecule has 0 aromatic rings. The fraction of sp³-hybridized carbons (Fsp3) is 0.923. The number of hydrogen-bond acceptors (Lipinski definition) is 1. The summed E-state index contributed by atoms with van der Waals surface area (Å²) in [5, 5.41) is 0. The maximum absolute atomic E-state index is 12.0. The Bertz CT molecular complexity index is 197. The number of ketones is 1. The van der Waals surface area contributed by atoms with Crippen LogP contribution in [0.3, 0.4) is 0 Å². The van der Waals surface area contributed by atoms with Crippen LogP contribution in [0.2, 0.25) is 0 Å². The summed E-state index contributed by atoms with van der Waals surface area (Å²) in [6.07, 6.45) is 9.96. The molecule has 2 saturated carbocycles. The van der Waals surface area contributed by atoms with E-state index in [1.54, 1.807) is 0 Å². The molecule has 0 heterocycles. The maximum Gasteiger partial charge on any atom is 0.139 e. The Morgan fingerprint density at radius 3 is 2.00 bits per heavy atom. The van der Waals surface area contributed by atoms with Crippen molar-refractivity contribution in [3.05, 3.63) is 0 Å². The SMILES string of the molecule is CCC1CCC(C(=O)C2CCC2)CC1. The monoisotopic (exact) mass is 194 g/mol. The highest BCUT2D eigenvalue weighted by Gasteiger charge is 2.33. The minimum atomic E-state index is 0.447. The largest absolute Gasteiger partial charge is 0.299 e. The molecule has 2 fully saturated rings. The predicted molar refractivity (Wildman–Crippen MR) is 58.1 cm³/mol. The fourth-order valence-corrected chi connectivity index (χ4v) is 2.88. The summed E-state index contributed by atoms with van der Waals surface area (Å²) in [6, 6.07) is 0. The molecule has 0 aromatic carbocycles. The molecule has 0 atom stereocenters. The first kappa shape index (κ1) is 10.2. The topological polar surface area (TPSA) is 17.1 Å². The molecule has 0 saturated heterocycles. The lowest BCUT2D eigenvalue weighted by molar-refractivity contribution is -0.130. The van der Waals surface area contributed by atoms with Crippen LogP contribution in [0.5, 0.6) is 0 Å². The third kappa shape index (κ3) is 2.02. The molecular weight excluding hydrogens is 172 g/mol. The van der Waals surface area contributed by atoms with Crippen LogP contribution in [0.15, 0.2) is 0 Å². The normalized spacial score (nSPS) is 33.8. The van der Waals surface area contributed by atoms with Crippen LogP contribution in [0.25, 0.3) is 0 Å². The molecule has 0 amide bonds. The van der Waals surface area contributed by atoms with E-state index in [9.17, 15) is 4.79 Å². The van der Waals surface area contributed by atoms with Gasteiger partial charge in [0.15, 0.2) is 0 Å². The zero-order valence-corrected chi connectivity index (χ0v) is 9.30. The Balaban J connectivity index is 1.79. The predicted octanol–water partition coefficient (Wildman–Crippen LogP) is 3.57. The quantitative estimate of drug-likeness (QED) is 0.671. The molecule has 1 heteroatoms. The fourth-order valence-electron chi connectivity index (χ4n) is 2.88. The summed E-state index contributed by atoms with van der Waals surface area (Å²) < 4.78 is 0. The third-order valence-electron chi connectivity index (χ3n) is 4.33. The molecule has 0 N–H and O–H groups in total. The van der Waals surface area contributed by atoms with E-state index in [1.807, 2.05) is 0 Å². The number of Topliss-reactive ketones (excluding diaryl/α,β-unsaturated/α-hetero) is 1. The van der Waals surface area contributed by atoms with Gasteiger partial charge in [0.1, 0.15) is 5.78 Å². The smallest absolute Gasteiger partial charge is 0.139 e. The van der Waals surface area contributed by atoms with Gasteiger partial charge < -0.3 is 0 Å². The van der Waals surface area contributed by atoms with Crippen molar-refractivity contribution in [3.8, 4) is 0 Å². The molecule has 2 rings (SSSR count). The van der Waals surface area contributed by atoms with E-state index in [1.165, 1.54) is 51.4 Å². The van der Waals surface area contributed by atoms with Gasteiger partial charge in [0.05, 0.1) is 0 Å². The van der Waals surface area contributed by atoms with Gasteiger partial charge in [0, 0.05) is 11.8 Å². The average molecular weight is 194 g/mol. The summed E-state index contributed by atoms with van der Waals surface area (Å²) in [7, 11) is 0. The van der Waals surface area contributed by atoms with Crippen molar-refractivity contribution in [2.24, 2.45) is 17.8 Å². The van der Waals surface area contributed by atoms with Gasteiger partial charge in [-0.1, -0.05) is 19.8 Å². The van der Waals surface area contributed by atoms with Crippen LogP contribution in [-0.4, -0.2) is 5.78 Å². The minimum Gasteiger partial charge on any atom is -0.299 e. The van der Waals surface area contributed by atoms with Crippen molar-refractivity contribution >= 4 is 5.78 Å². The van der Waals surface area contributed by atoms with Gasteiger partial charge in [-0.3, -0.25) is 4.79 Å². The lowest BCUT2D eigenvalue weighted by Crippen LogP contribution is -2.31. The lowest BCUT2D eigenvalue weighted by Gasteiger charge is -2.32. The van der Waals surface area contributed by atoms with E-state index in [-0.39, 0.29) is 0 Å². The highest BCUT2D eigenvalue weighted by atomic mass is 16.1. The zero-order chi connectivity index (χ0) is 9.97. The summed E-state index contributed by atoms with van der Waals surface area (Å²) in [5.41, 5.74) is 0. The standard InChI is InChI=1S/C13H22O/c1-2-10-6-8-12(9-7-10)13(14)11-4-3-5-11/h10-12H,2-9H2,1H3. The van der Waals surface area contributed by atoms with Gasteiger partial charge in [-0.15, -0.1) is 0 Å². The second-order valence-electron chi connectivity index (χ2n) is 5.16. The van der Waals surface area contributed by atoms with Gasteiger partial charge in [-0.25, -0.2) is 0 Å². The van der Waals surface area contributed by atoms with E-state index >= 15 is 0 Å². The molecule has 0 spiro atoms. The van der Waals surface area contributed by atoms with Gasteiger partial charge >= 0.3 is 0 Å². The van der Waals surface area contributed by atoms with E-state index in [0.29, 0.717) is 17.6 Å². The summed E-state index contributed by atoms with van der Waals surface area (Å²) in [6.45, 7) is 2.28. The maximum atomic E-state index is 12.0. The Morgan fingerprint density at radius 1 is 1.00 bits per heavy atom. The van der Waals surface area contributed by atoms with Gasteiger partial charge in [0.25, 0.3) is 0 Å². The molecule has 0 radical (unpaired) electrons. The summed E-state index contributed by atoms with van der Waals surface area (Å²) >= 11 is 0. The highest BCUT2D eigenvalue weighted by Crippen LogP contribution is 2.37. The second kappa shape index (κ2) is 4.46. The minimum absolute atomic E-state index is 0.447. The molecule has 14 heavy (non-hydrogen) atoms. The highest BCUT2D eigenvalue weighted by molar-refractivity contribution is 5.84. The Labute approximate surface area is 87.3 Å². The Kier molecular flexibility index (Phi) is 3.25. The van der Waals surface area contributed by atoms with Crippen LogP contribution < -0.4 is 0 Å². The summed E-state index contributed by atoms with van der Waals surface area (Å²) in [5.74, 6) is 2.45. The van der Waals surface area contributed by atoms with Crippen LogP contribution in [0.1, 0.15) is 58.3 Å². The number of rotatable bonds is 3. The van der Waals surface area contributed by atoms with Crippen LogP contribution in [0, 0.1) is 17.8 Å². The molecule has 0 aliphatic heterocycles. The van der Waals surface area contributed by atoms with Gasteiger partial charge in [-0.05, 0) is 44.4 Å². The van der Waals surface area contributed by atoms with Gasteiger partial charge in [-0.2, -0.15) is 0 Å². The van der Waals surface area contributed by atoms with Gasteiger partial charge in [0.2, 0.25) is 0 Å². The Morgan fingerprint density at radius 2 is 1.57 bits per heavy atom. The van der Waals surface area contributed by atoms with E-state index < -0.39 is 0 Å². The van der Waals surface area contributed by atoms with Crippen molar-refractivity contribution in [1.29, 1.82) is 0 Å². The Hall–Kier alpha value is -0.330. The molecule has 1 nitrogen and oxygen atoms in total. The summed E-state index contributed by atoms with van der Waals surface area (Å²) in [4.78, 5) is 12.0. The van der Waals surface area contributed by atoms with Crippen LogP contribution in [0.4, 0.5) is 0 Å². The molecule has 2 aliphatic carbocycles. The van der Waals surface area contributed by atoms with E-state index in [0.717, 1.165) is 5.92 Å². The third-order valence-corrected chi connectivity index (χ3v) is 4.33. The number of carbonyl (C=O) groups excluding carboxylic acids is 1. The zero-order valence-electron chi connectivity index (χ0n) is 9.30. The molecule has 0 bridgehead atoms. The van der Waals surface area contributed by atoms with Crippen molar-refractivity contribution in [1.82, 2.24) is 0 Å². The van der Waals surface area contributed by atoms with Crippen molar-refractivity contribution in [3.63, 3.8) is 0 Å².